The summed E-state index contributed by atoms with van der Waals surface area (Å²) in [6, 6.07) is 9.78. The van der Waals surface area contributed by atoms with E-state index in [0.29, 0.717) is 37.8 Å². The number of sulfonamides is 1. The molecule has 1 saturated heterocycles. The van der Waals surface area contributed by atoms with Gasteiger partial charge in [0.2, 0.25) is 0 Å². The van der Waals surface area contributed by atoms with Crippen molar-refractivity contribution in [3.8, 4) is 5.75 Å². The first-order chi connectivity index (χ1) is 14.9. The van der Waals surface area contributed by atoms with E-state index in [2.05, 4.69) is 15.0 Å². The second-order valence-electron chi connectivity index (χ2n) is 8.48. The Morgan fingerprint density at radius 2 is 1.71 bits per heavy atom. The number of benzene rings is 2. The summed E-state index contributed by atoms with van der Waals surface area (Å²) >= 11 is 12.3. The zero-order valence-corrected chi connectivity index (χ0v) is 19.1. The summed E-state index contributed by atoms with van der Waals surface area (Å²) in [6.07, 6.45) is 6.20. The first-order valence-corrected chi connectivity index (χ1v) is 12.5. The summed E-state index contributed by atoms with van der Waals surface area (Å²) in [5, 5.41) is 4.84. The number of aromatic amines is 1. The second kappa shape index (κ2) is 7.89. The lowest BCUT2D eigenvalue weighted by atomic mass is 9.69. The van der Waals surface area contributed by atoms with E-state index in [1.54, 1.807) is 42.6 Å². The zero-order valence-electron chi connectivity index (χ0n) is 16.8. The molecule has 2 aromatic carbocycles. The molecule has 2 aliphatic rings. The van der Waals surface area contributed by atoms with E-state index in [-0.39, 0.29) is 11.0 Å². The van der Waals surface area contributed by atoms with E-state index in [1.807, 2.05) is 0 Å². The van der Waals surface area contributed by atoms with Crippen molar-refractivity contribution < 1.29 is 13.2 Å². The summed E-state index contributed by atoms with van der Waals surface area (Å²) in [5.74, 6) is 0.691. The fraction of sp³-hybridized carbons (Fsp3) is 0.364. The first kappa shape index (κ1) is 20.9. The fourth-order valence-corrected chi connectivity index (χ4v) is 6.13. The molecule has 31 heavy (non-hydrogen) atoms. The Hall–Kier alpha value is -1.93. The largest absolute Gasteiger partial charge is 0.490 e. The minimum absolute atomic E-state index is 0.156. The monoisotopic (exact) mass is 479 g/mol. The van der Waals surface area contributed by atoms with Crippen molar-refractivity contribution in [1.82, 2.24) is 10.3 Å². The normalized spacial score (nSPS) is 18.8. The molecule has 1 saturated carbocycles. The number of H-pyrrole nitrogens is 1. The highest BCUT2D eigenvalue weighted by molar-refractivity contribution is 7.92. The number of hydrogen-bond donors (Lipinski definition) is 3. The smallest absolute Gasteiger partial charge is 0.261 e. The number of hydrogen-bond acceptors (Lipinski definition) is 4. The number of anilines is 1. The van der Waals surface area contributed by atoms with E-state index in [1.165, 1.54) is 12.8 Å². The maximum atomic E-state index is 12.9. The molecule has 164 valence electrons. The molecule has 0 atom stereocenters. The van der Waals surface area contributed by atoms with Gasteiger partial charge in [-0.15, -0.1) is 0 Å². The van der Waals surface area contributed by atoms with Crippen molar-refractivity contribution in [1.29, 1.82) is 0 Å². The highest BCUT2D eigenvalue weighted by Gasteiger charge is 2.40. The van der Waals surface area contributed by atoms with Gasteiger partial charge in [0.05, 0.1) is 32.2 Å². The van der Waals surface area contributed by atoms with Crippen molar-refractivity contribution >= 4 is 49.8 Å². The topological polar surface area (TPSA) is 83.2 Å². The van der Waals surface area contributed by atoms with Gasteiger partial charge in [0.1, 0.15) is 5.75 Å². The summed E-state index contributed by atoms with van der Waals surface area (Å²) in [6.45, 7) is 2.24. The number of fused-ring (bicyclic) bond motifs is 1. The zero-order chi connectivity index (χ0) is 21.6. The van der Waals surface area contributed by atoms with Crippen LogP contribution >= 0.6 is 23.2 Å². The van der Waals surface area contributed by atoms with E-state index < -0.39 is 10.0 Å². The van der Waals surface area contributed by atoms with E-state index in [9.17, 15) is 8.42 Å². The Morgan fingerprint density at radius 1 is 1.00 bits per heavy atom. The maximum absolute atomic E-state index is 12.9. The fourth-order valence-electron chi connectivity index (χ4n) is 4.50. The molecule has 1 aliphatic carbocycles. The van der Waals surface area contributed by atoms with Gasteiger partial charge in [0, 0.05) is 24.7 Å². The van der Waals surface area contributed by atoms with Crippen LogP contribution in [0.5, 0.6) is 5.75 Å². The lowest BCUT2D eigenvalue weighted by Gasteiger charge is -2.47. The van der Waals surface area contributed by atoms with Crippen LogP contribution in [0.3, 0.4) is 0 Å². The predicted molar refractivity (Wildman–Crippen MR) is 124 cm³/mol. The molecular formula is C22H23Cl2N3O3S. The van der Waals surface area contributed by atoms with Gasteiger partial charge in [-0.3, -0.25) is 4.72 Å². The SMILES string of the molecule is O=S(=O)(Nc1ccc(Cl)c2c(Cl)c[nH]c12)c1ccc(OC2CCC3(CC2)CNC3)cc1. The van der Waals surface area contributed by atoms with Crippen LogP contribution in [0.25, 0.3) is 10.9 Å². The standard InChI is InChI=1S/C22H23Cl2N3O3S/c23-17-5-6-19(21-20(17)18(24)11-26-21)27-31(28,29)16-3-1-14(2-4-16)30-15-7-9-22(10-8-15)12-25-13-22/h1-6,11,15,25-27H,7-10,12-13H2. The number of nitrogens with one attached hydrogen (secondary N) is 3. The average Bonchev–Trinajstić information content (AvgIpc) is 3.13. The molecule has 0 amide bonds. The highest BCUT2D eigenvalue weighted by atomic mass is 35.5. The van der Waals surface area contributed by atoms with Crippen molar-refractivity contribution in [2.24, 2.45) is 5.41 Å². The highest BCUT2D eigenvalue weighted by Crippen LogP contribution is 2.40. The predicted octanol–water partition coefficient (Wildman–Crippen LogP) is 5.19. The van der Waals surface area contributed by atoms with Crippen LogP contribution in [0.1, 0.15) is 25.7 Å². The van der Waals surface area contributed by atoms with Gasteiger partial charge in [0.25, 0.3) is 10.0 Å². The summed E-state index contributed by atoms with van der Waals surface area (Å²) < 4.78 is 34.5. The van der Waals surface area contributed by atoms with Crippen LogP contribution in [0.2, 0.25) is 10.0 Å². The molecule has 3 N–H and O–H groups in total. The number of halogens is 2. The molecule has 0 unspecified atom stereocenters. The minimum Gasteiger partial charge on any atom is -0.490 e. The van der Waals surface area contributed by atoms with Gasteiger partial charge >= 0.3 is 0 Å². The Morgan fingerprint density at radius 3 is 2.35 bits per heavy atom. The maximum Gasteiger partial charge on any atom is 0.261 e. The molecule has 0 radical (unpaired) electrons. The molecule has 9 heteroatoms. The molecule has 0 bridgehead atoms. The van der Waals surface area contributed by atoms with Crippen LogP contribution in [0, 0.1) is 5.41 Å². The van der Waals surface area contributed by atoms with Crippen LogP contribution in [-0.2, 0) is 10.0 Å². The van der Waals surface area contributed by atoms with E-state index in [0.717, 1.165) is 25.9 Å². The number of rotatable bonds is 5. The third kappa shape index (κ3) is 4.00. The lowest BCUT2D eigenvalue weighted by molar-refractivity contribution is 0.0421. The summed E-state index contributed by atoms with van der Waals surface area (Å²) in [7, 11) is -3.79. The lowest BCUT2D eigenvalue weighted by Crippen LogP contribution is -2.55. The van der Waals surface area contributed by atoms with Gasteiger partial charge in [-0.1, -0.05) is 23.2 Å². The molecule has 5 rings (SSSR count). The molecule has 6 nitrogen and oxygen atoms in total. The summed E-state index contributed by atoms with van der Waals surface area (Å²) in [4.78, 5) is 3.13. The van der Waals surface area contributed by atoms with E-state index in [4.69, 9.17) is 27.9 Å². The van der Waals surface area contributed by atoms with E-state index >= 15 is 0 Å². The van der Waals surface area contributed by atoms with Crippen LogP contribution in [0.15, 0.2) is 47.5 Å². The molecular weight excluding hydrogens is 457 g/mol. The Balaban J connectivity index is 1.28. The Kier molecular flexibility index (Phi) is 5.33. The molecule has 1 aliphatic heterocycles. The molecule has 2 heterocycles. The molecule has 3 aromatic rings. The first-order valence-electron chi connectivity index (χ1n) is 10.3. The third-order valence-corrected chi connectivity index (χ3v) is 8.41. The molecule has 1 aromatic heterocycles. The Bertz CT molecular complexity index is 1210. The Labute approximate surface area is 191 Å². The summed E-state index contributed by atoms with van der Waals surface area (Å²) in [5.41, 5.74) is 1.41. The van der Waals surface area contributed by atoms with Crippen molar-refractivity contribution in [2.45, 2.75) is 36.7 Å². The molecule has 2 fully saturated rings. The third-order valence-electron chi connectivity index (χ3n) is 6.41. The van der Waals surface area contributed by atoms with Gasteiger partial charge in [-0.05, 0) is 67.5 Å². The van der Waals surface area contributed by atoms with Gasteiger partial charge in [-0.2, -0.15) is 0 Å². The minimum atomic E-state index is -3.79. The van der Waals surface area contributed by atoms with Crippen LogP contribution < -0.4 is 14.8 Å². The van der Waals surface area contributed by atoms with Crippen molar-refractivity contribution in [3.63, 3.8) is 0 Å². The van der Waals surface area contributed by atoms with Gasteiger partial charge in [0.15, 0.2) is 0 Å². The van der Waals surface area contributed by atoms with Gasteiger partial charge < -0.3 is 15.0 Å². The molecule has 1 spiro atoms. The van der Waals surface area contributed by atoms with Gasteiger partial charge in [-0.25, -0.2) is 8.42 Å². The number of ether oxygens (including phenoxy) is 1. The van der Waals surface area contributed by atoms with Crippen molar-refractivity contribution in [2.75, 3.05) is 17.8 Å². The quantitative estimate of drug-likeness (QED) is 0.470. The second-order valence-corrected chi connectivity index (χ2v) is 11.0. The van der Waals surface area contributed by atoms with Crippen LogP contribution in [0.4, 0.5) is 5.69 Å². The van der Waals surface area contributed by atoms with Crippen LogP contribution in [-0.4, -0.2) is 32.6 Å². The van der Waals surface area contributed by atoms with Crippen molar-refractivity contribution in [3.05, 3.63) is 52.6 Å². The number of aromatic nitrogens is 1. The average molecular weight is 480 g/mol.